The quantitative estimate of drug-likeness (QED) is 0.610. The second-order valence-corrected chi connectivity index (χ2v) is 10.1. The van der Waals surface area contributed by atoms with Gasteiger partial charge in [0.1, 0.15) is 0 Å². The standard InChI is InChI=1S/C26H33N7O/c1-31-17-27-14-23(31)20-16-33(15-19(20)13-28-26(34)18-9-10-18)25-24(32-11-5-2-6-12-32)29-21-7-3-4-8-22(21)30-25/h3-4,7-8,14,17-20H,2,5-6,9-13,15-16H2,1H3,(H,28,34)/t19-,20-/m1/s1. The van der Waals surface area contributed by atoms with Crippen LogP contribution in [0.2, 0.25) is 0 Å². The summed E-state index contributed by atoms with van der Waals surface area (Å²) in [6.07, 6.45) is 9.57. The SMILES string of the molecule is Cn1cncc1[C@@H]1CN(c2nc3ccccc3nc2N2CCCCC2)C[C@H]1CNC(=O)C1CC1. The van der Waals surface area contributed by atoms with Crippen molar-refractivity contribution in [2.24, 2.45) is 18.9 Å². The Morgan fingerprint density at radius 1 is 1.00 bits per heavy atom. The average molecular weight is 460 g/mol. The number of carbonyl (C=O) groups is 1. The maximum absolute atomic E-state index is 12.4. The lowest BCUT2D eigenvalue weighted by molar-refractivity contribution is -0.122. The number of amides is 1. The molecule has 3 fully saturated rings. The topological polar surface area (TPSA) is 79.2 Å². The number of fused-ring (bicyclic) bond motifs is 1. The molecule has 34 heavy (non-hydrogen) atoms. The zero-order valence-corrected chi connectivity index (χ0v) is 19.9. The Morgan fingerprint density at radius 2 is 1.71 bits per heavy atom. The van der Waals surface area contributed by atoms with E-state index in [4.69, 9.17) is 9.97 Å². The molecule has 1 amide bonds. The van der Waals surface area contributed by atoms with Crippen LogP contribution in [-0.2, 0) is 11.8 Å². The van der Waals surface area contributed by atoms with E-state index in [1.54, 1.807) is 0 Å². The van der Waals surface area contributed by atoms with Gasteiger partial charge in [-0.3, -0.25) is 4.79 Å². The minimum atomic E-state index is 0.210. The molecule has 2 aromatic heterocycles. The van der Waals surface area contributed by atoms with Crippen molar-refractivity contribution in [3.63, 3.8) is 0 Å². The summed E-state index contributed by atoms with van der Waals surface area (Å²) in [6, 6.07) is 8.16. The van der Waals surface area contributed by atoms with Crippen LogP contribution in [0.4, 0.5) is 11.6 Å². The summed E-state index contributed by atoms with van der Waals surface area (Å²) in [7, 11) is 2.06. The molecular formula is C26H33N7O. The zero-order chi connectivity index (χ0) is 23.1. The molecule has 178 valence electrons. The van der Waals surface area contributed by atoms with Crippen LogP contribution in [0.1, 0.15) is 43.7 Å². The Balaban J connectivity index is 1.34. The first-order chi connectivity index (χ1) is 16.7. The van der Waals surface area contributed by atoms with Crippen molar-refractivity contribution in [1.82, 2.24) is 24.8 Å². The smallest absolute Gasteiger partial charge is 0.223 e. The van der Waals surface area contributed by atoms with E-state index in [9.17, 15) is 4.79 Å². The second kappa shape index (κ2) is 8.89. The Kier molecular flexibility index (Phi) is 5.59. The molecule has 2 saturated heterocycles. The maximum atomic E-state index is 12.4. The fourth-order valence-corrected chi connectivity index (χ4v) is 5.54. The molecule has 0 spiro atoms. The largest absolute Gasteiger partial charge is 0.355 e. The number of piperidine rings is 1. The summed E-state index contributed by atoms with van der Waals surface area (Å²) in [5.74, 6) is 2.98. The normalized spacial score (nSPS) is 23.0. The van der Waals surface area contributed by atoms with Crippen LogP contribution in [0.25, 0.3) is 11.0 Å². The van der Waals surface area contributed by atoms with Gasteiger partial charge in [0.2, 0.25) is 5.91 Å². The molecule has 6 rings (SSSR count). The van der Waals surface area contributed by atoms with Gasteiger partial charge >= 0.3 is 0 Å². The Bertz CT molecular complexity index is 1180. The fraction of sp³-hybridized carbons (Fsp3) is 0.538. The lowest BCUT2D eigenvalue weighted by Gasteiger charge is -2.31. The molecule has 8 nitrogen and oxygen atoms in total. The fourth-order valence-electron chi connectivity index (χ4n) is 5.54. The number of imidazole rings is 1. The zero-order valence-electron chi connectivity index (χ0n) is 19.9. The Morgan fingerprint density at radius 3 is 2.35 bits per heavy atom. The summed E-state index contributed by atoms with van der Waals surface area (Å²) in [5, 5.41) is 3.24. The van der Waals surface area contributed by atoms with Crippen molar-refractivity contribution in [2.75, 3.05) is 42.5 Å². The first kappa shape index (κ1) is 21.4. The molecule has 0 radical (unpaired) electrons. The van der Waals surface area contributed by atoms with Crippen LogP contribution in [0, 0.1) is 11.8 Å². The highest BCUT2D eigenvalue weighted by molar-refractivity contribution is 5.82. The summed E-state index contributed by atoms with van der Waals surface area (Å²) in [4.78, 5) is 31.9. The first-order valence-corrected chi connectivity index (χ1v) is 12.7. The molecule has 1 aliphatic carbocycles. The van der Waals surface area contributed by atoms with E-state index in [0.717, 1.165) is 61.7 Å². The lowest BCUT2D eigenvalue weighted by Crippen LogP contribution is -2.34. The van der Waals surface area contributed by atoms with E-state index in [-0.39, 0.29) is 17.7 Å². The predicted octanol–water partition coefficient (Wildman–Crippen LogP) is 3.10. The Hall–Kier alpha value is -3.16. The molecule has 1 N–H and O–H groups in total. The third kappa shape index (κ3) is 4.10. The summed E-state index contributed by atoms with van der Waals surface area (Å²) >= 11 is 0. The number of anilines is 2. The highest BCUT2D eigenvalue weighted by Crippen LogP contribution is 2.39. The number of rotatable bonds is 6. The molecule has 0 bridgehead atoms. The molecule has 2 aliphatic heterocycles. The number of aryl methyl sites for hydroxylation is 1. The molecule has 8 heteroatoms. The van der Waals surface area contributed by atoms with Gasteiger partial charge in [0.25, 0.3) is 0 Å². The molecule has 4 heterocycles. The summed E-state index contributed by atoms with van der Waals surface area (Å²) in [6.45, 7) is 4.42. The van der Waals surface area contributed by atoms with Gasteiger partial charge in [-0.05, 0) is 44.2 Å². The lowest BCUT2D eigenvalue weighted by atomic mass is 9.93. The van der Waals surface area contributed by atoms with Crippen LogP contribution in [0.5, 0.6) is 0 Å². The molecule has 3 aliphatic rings. The molecule has 3 aromatic rings. The minimum Gasteiger partial charge on any atom is -0.355 e. The van der Waals surface area contributed by atoms with Crippen LogP contribution < -0.4 is 15.1 Å². The van der Waals surface area contributed by atoms with Gasteiger partial charge in [-0.1, -0.05) is 12.1 Å². The van der Waals surface area contributed by atoms with Crippen molar-refractivity contribution < 1.29 is 4.79 Å². The van der Waals surface area contributed by atoms with Crippen molar-refractivity contribution >= 4 is 28.6 Å². The van der Waals surface area contributed by atoms with Crippen molar-refractivity contribution in [1.29, 1.82) is 0 Å². The monoisotopic (exact) mass is 459 g/mol. The minimum absolute atomic E-state index is 0.210. The molecular weight excluding hydrogens is 426 g/mol. The van der Waals surface area contributed by atoms with E-state index in [1.165, 1.54) is 25.0 Å². The number of hydrogen-bond donors (Lipinski definition) is 1. The third-order valence-electron chi connectivity index (χ3n) is 7.65. The van der Waals surface area contributed by atoms with Crippen LogP contribution in [0.15, 0.2) is 36.8 Å². The molecule has 1 saturated carbocycles. The van der Waals surface area contributed by atoms with Gasteiger partial charge in [-0.15, -0.1) is 0 Å². The number of nitrogens with zero attached hydrogens (tertiary/aromatic N) is 6. The molecule has 2 atom stereocenters. The maximum Gasteiger partial charge on any atom is 0.223 e. The van der Waals surface area contributed by atoms with Gasteiger partial charge < -0.3 is 19.7 Å². The number of hydrogen-bond acceptors (Lipinski definition) is 6. The van der Waals surface area contributed by atoms with Crippen LogP contribution >= 0.6 is 0 Å². The molecule has 1 aromatic carbocycles. The van der Waals surface area contributed by atoms with Crippen molar-refractivity contribution in [2.45, 2.75) is 38.0 Å². The van der Waals surface area contributed by atoms with E-state index in [2.05, 4.69) is 37.8 Å². The van der Waals surface area contributed by atoms with Gasteiger partial charge in [0.15, 0.2) is 11.6 Å². The van der Waals surface area contributed by atoms with E-state index < -0.39 is 0 Å². The summed E-state index contributed by atoms with van der Waals surface area (Å²) < 4.78 is 2.11. The second-order valence-electron chi connectivity index (χ2n) is 10.1. The average Bonchev–Trinajstić information content (AvgIpc) is 3.52. The van der Waals surface area contributed by atoms with Crippen LogP contribution in [-0.4, -0.2) is 58.1 Å². The van der Waals surface area contributed by atoms with Gasteiger partial charge in [-0.25, -0.2) is 15.0 Å². The number of aromatic nitrogens is 4. The van der Waals surface area contributed by atoms with Gasteiger partial charge in [0, 0.05) is 69.4 Å². The number of nitrogens with one attached hydrogen (secondary N) is 1. The highest BCUT2D eigenvalue weighted by atomic mass is 16.2. The Labute approximate surface area is 200 Å². The molecule has 0 unspecified atom stereocenters. The van der Waals surface area contributed by atoms with E-state index in [0.29, 0.717) is 12.5 Å². The van der Waals surface area contributed by atoms with Crippen LogP contribution in [0.3, 0.4) is 0 Å². The van der Waals surface area contributed by atoms with Crippen molar-refractivity contribution in [3.05, 3.63) is 42.5 Å². The third-order valence-corrected chi connectivity index (χ3v) is 7.65. The van der Waals surface area contributed by atoms with E-state index >= 15 is 0 Å². The van der Waals surface area contributed by atoms with E-state index in [1.807, 2.05) is 30.7 Å². The summed E-state index contributed by atoms with van der Waals surface area (Å²) in [5.41, 5.74) is 3.09. The van der Waals surface area contributed by atoms with Gasteiger partial charge in [0.05, 0.1) is 17.4 Å². The highest BCUT2D eigenvalue weighted by Gasteiger charge is 2.39. The number of carbonyl (C=O) groups excluding carboxylic acids is 1. The first-order valence-electron chi connectivity index (χ1n) is 12.7. The van der Waals surface area contributed by atoms with Crippen molar-refractivity contribution in [3.8, 4) is 0 Å². The van der Waals surface area contributed by atoms with Gasteiger partial charge in [-0.2, -0.15) is 0 Å². The predicted molar refractivity (Wildman–Crippen MR) is 133 cm³/mol. The number of benzene rings is 1. The number of para-hydroxylation sites is 2.